The Balaban J connectivity index is 2.01. The quantitative estimate of drug-likeness (QED) is 0.603. The molecule has 0 aromatic heterocycles. The van der Waals surface area contributed by atoms with Crippen molar-refractivity contribution in [3.8, 4) is 0 Å². The summed E-state index contributed by atoms with van der Waals surface area (Å²) >= 11 is 0. The van der Waals surface area contributed by atoms with Gasteiger partial charge in [0.25, 0.3) is 0 Å². The van der Waals surface area contributed by atoms with Gasteiger partial charge in [-0.1, -0.05) is 24.3 Å². The van der Waals surface area contributed by atoms with Crippen LogP contribution in [0.3, 0.4) is 0 Å². The average molecular weight is 272 g/mol. The molecule has 0 bridgehead atoms. The van der Waals surface area contributed by atoms with Crippen LogP contribution < -0.4 is 0 Å². The summed E-state index contributed by atoms with van der Waals surface area (Å²) in [6.45, 7) is 7.47. The first kappa shape index (κ1) is 14.8. The highest BCUT2D eigenvalue weighted by Crippen LogP contribution is 2.34. The van der Waals surface area contributed by atoms with E-state index in [9.17, 15) is 4.79 Å². The molecule has 1 aliphatic carbocycles. The number of esters is 1. The van der Waals surface area contributed by atoms with Crippen molar-refractivity contribution in [1.29, 1.82) is 0 Å². The largest absolute Gasteiger partial charge is 0.463 e. The third-order valence-electron chi connectivity index (χ3n) is 4.22. The van der Waals surface area contributed by atoms with Crippen molar-refractivity contribution in [3.63, 3.8) is 0 Å². The summed E-state index contributed by atoms with van der Waals surface area (Å²) in [4.78, 5) is 11.0. The van der Waals surface area contributed by atoms with E-state index < -0.39 is 0 Å². The van der Waals surface area contributed by atoms with E-state index in [2.05, 4.69) is 31.7 Å². The molecule has 1 aliphatic rings. The van der Waals surface area contributed by atoms with Gasteiger partial charge in [0.2, 0.25) is 0 Å². The van der Waals surface area contributed by atoms with E-state index in [0.717, 1.165) is 32.1 Å². The van der Waals surface area contributed by atoms with Gasteiger partial charge in [-0.25, -0.2) is 0 Å². The number of rotatable bonds is 4. The van der Waals surface area contributed by atoms with Crippen LogP contribution in [-0.4, -0.2) is 12.1 Å². The van der Waals surface area contributed by atoms with Crippen molar-refractivity contribution in [2.75, 3.05) is 0 Å². The fraction of sp³-hybridized carbons (Fsp3) is 0.500. The lowest BCUT2D eigenvalue weighted by molar-refractivity contribution is -0.147. The molecule has 2 nitrogen and oxygen atoms in total. The van der Waals surface area contributed by atoms with Crippen LogP contribution in [-0.2, 0) is 16.0 Å². The third kappa shape index (κ3) is 3.72. The molecule has 0 N–H and O–H groups in total. The standard InChI is InChI=1S/C18H24O2/c1-4-5-16-12-17(7-6-13(16)2)15-8-10-18(11-9-15)20-14(3)19/h4,6-7,12,15,18H,1,5,8-11H2,2-3H3. The second-order valence-corrected chi connectivity index (χ2v) is 5.76. The average Bonchev–Trinajstić information content (AvgIpc) is 2.42. The van der Waals surface area contributed by atoms with Gasteiger partial charge in [-0.3, -0.25) is 4.79 Å². The topological polar surface area (TPSA) is 26.3 Å². The molecule has 1 fully saturated rings. The number of carbonyl (C=O) groups excluding carboxylic acids is 1. The Bertz CT molecular complexity index is 482. The predicted octanol–water partition coefficient (Wildman–Crippen LogP) is 4.31. The van der Waals surface area contributed by atoms with Crippen molar-refractivity contribution in [1.82, 2.24) is 0 Å². The summed E-state index contributed by atoms with van der Waals surface area (Å²) in [5.74, 6) is 0.447. The van der Waals surface area contributed by atoms with Gasteiger partial charge in [0.15, 0.2) is 0 Å². The second kappa shape index (κ2) is 6.74. The van der Waals surface area contributed by atoms with Gasteiger partial charge in [-0.05, 0) is 61.6 Å². The Morgan fingerprint density at radius 2 is 2.05 bits per heavy atom. The first-order valence-electron chi connectivity index (χ1n) is 7.47. The van der Waals surface area contributed by atoms with Crippen LogP contribution in [0, 0.1) is 6.92 Å². The van der Waals surface area contributed by atoms with Crippen LogP contribution in [0.15, 0.2) is 30.9 Å². The van der Waals surface area contributed by atoms with Gasteiger partial charge < -0.3 is 4.74 Å². The minimum absolute atomic E-state index is 0.127. The Kier molecular flexibility index (Phi) is 4.99. The lowest BCUT2D eigenvalue weighted by atomic mass is 9.81. The van der Waals surface area contributed by atoms with Crippen LogP contribution in [0.5, 0.6) is 0 Å². The van der Waals surface area contributed by atoms with Crippen molar-refractivity contribution < 1.29 is 9.53 Å². The van der Waals surface area contributed by atoms with Gasteiger partial charge in [0, 0.05) is 6.92 Å². The van der Waals surface area contributed by atoms with Gasteiger partial charge in [-0.15, -0.1) is 6.58 Å². The van der Waals surface area contributed by atoms with Gasteiger partial charge in [0.1, 0.15) is 6.10 Å². The first-order chi connectivity index (χ1) is 9.60. The molecule has 0 heterocycles. The van der Waals surface area contributed by atoms with Crippen LogP contribution in [0.4, 0.5) is 0 Å². The number of benzene rings is 1. The van der Waals surface area contributed by atoms with Crippen molar-refractivity contribution in [2.24, 2.45) is 0 Å². The number of ether oxygens (including phenoxy) is 1. The van der Waals surface area contributed by atoms with E-state index in [4.69, 9.17) is 4.74 Å². The van der Waals surface area contributed by atoms with E-state index in [0.29, 0.717) is 5.92 Å². The zero-order valence-corrected chi connectivity index (χ0v) is 12.5. The normalized spacial score (nSPS) is 22.3. The number of hydrogen-bond acceptors (Lipinski definition) is 2. The molecule has 108 valence electrons. The lowest BCUT2D eigenvalue weighted by Crippen LogP contribution is -2.22. The molecule has 0 radical (unpaired) electrons. The fourth-order valence-electron chi connectivity index (χ4n) is 3.07. The molecule has 2 heteroatoms. The number of carbonyl (C=O) groups is 1. The van der Waals surface area contributed by atoms with E-state index >= 15 is 0 Å². The summed E-state index contributed by atoms with van der Waals surface area (Å²) in [7, 11) is 0. The molecule has 20 heavy (non-hydrogen) atoms. The Hall–Kier alpha value is -1.57. The highest BCUT2D eigenvalue weighted by Gasteiger charge is 2.24. The number of allylic oxidation sites excluding steroid dienone is 1. The van der Waals surface area contributed by atoms with E-state index in [-0.39, 0.29) is 12.1 Å². The first-order valence-corrected chi connectivity index (χ1v) is 7.47. The Labute approximate surface area is 121 Å². The Morgan fingerprint density at radius 3 is 2.65 bits per heavy atom. The van der Waals surface area contributed by atoms with Crippen LogP contribution in [0.25, 0.3) is 0 Å². The fourth-order valence-corrected chi connectivity index (χ4v) is 3.07. The summed E-state index contributed by atoms with van der Waals surface area (Å²) < 4.78 is 5.30. The Morgan fingerprint density at radius 1 is 1.35 bits per heavy atom. The van der Waals surface area contributed by atoms with Crippen molar-refractivity contribution >= 4 is 5.97 Å². The summed E-state index contributed by atoms with van der Waals surface area (Å²) in [6, 6.07) is 6.79. The molecule has 0 aliphatic heterocycles. The molecule has 0 unspecified atom stereocenters. The number of aryl methyl sites for hydroxylation is 1. The molecular weight excluding hydrogens is 248 g/mol. The smallest absolute Gasteiger partial charge is 0.302 e. The van der Waals surface area contributed by atoms with Gasteiger partial charge in [0.05, 0.1) is 0 Å². The minimum Gasteiger partial charge on any atom is -0.463 e. The maximum absolute atomic E-state index is 11.0. The van der Waals surface area contributed by atoms with Gasteiger partial charge in [-0.2, -0.15) is 0 Å². The monoisotopic (exact) mass is 272 g/mol. The molecule has 1 aromatic carbocycles. The summed E-state index contributed by atoms with van der Waals surface area (Å²) in [5.41, 5.74) is 4.13. The second-order valence-electron chi connectivity index (χ2n) is 5.76. The maximum Gasteiger partial charge on any atom is 0.302 e. The molecule has 0 spiro atoms. The van der Waals surface area contributed by atoms with Crippen LogP contribution in [0.1, 0.15) is 55.2 Å². The molecule has 0 amide bonds. The summed E-state index contributed by atoms with van der Waals surface area (Å²) in [6.07, 6.45) is 7.20. The van der Waals surface area contributed by atoms with Crippen molar-refractivity contribution in [2.45, 2.75) is 58.0 Å². The predicted molar refractivity (Wildman–Crippen MR) is 81.8 cm³/mol. The zero-order chi connectivity index (χ0) is 14.5. The molecule has 1 aromatic rings. The minimum atomic E-state index is -0.156. The molecule has 0 atom stereocenters. The zero-order valence-electron chi connectivity index (χ0n) is 12.5. The van der Waals surface area contributed by atoms with Crippen LogP contribution >= 0.6 is 0 Å². The van der Waals surface area contributed by atoms with Crippen LogP contribution in [0.2, 0.25) is 0 Å². The highest BCUT2D eigenvalue weighted by atomic mass is 16.5. The summed E-state index contributed by atoms with van der Waals surface area (Å²) in [5, 5.41) is 0. The molecule has 0 saturated heterocycles. The van der Waals surface area contributed by atoms with Gasteiger partial charge >= 0.3 is 5.97 Å². The van der Waals surface area contributed by atoms with E-state index in [1.807, 2.05) is 6.08 Å². The van der Waals surface area contributed by atoms with E-state index in [1.54, 1.807) is 0 Å². The maximum atomic E-state index is 11.0. The SMILES string of the molecule is C=CCc1cc(C2CCC(OC(C)=O)CC2)ccc1C. The molecule has 1 saturated carbocycles. The lowest BCUT2D eigenvalue weighted by Gasteiger charge is -2.28. The highest BCUT2D eigenvalue weighted by molar-refractivity contribution is 5.66. The molecular formula is C18H24O2. The molecule has 2 rings (SSSR count). The van der Waals surface area contributed by atoms with E-state index in [1.165, 1.54) is 23.6 Å². The third-order valence-corrected chi connectivity index (χ3v) is 4.22. The number of hydrogen-bond donors (Lipinski definition) is 0. The van der Waals surface area contributed by atoms with Crippen molar-refractivity contribution in [3.05, 3.63) is 47.5 Å².